The van der Waals surface area contributed by atoms with Gasteiger partial charge in [0.2, 0.25) is 17.7 Å². The van der Waals surface area contributed by atoms with Gasteiger partial charge in [0.15, 0.2) is 0 Å². The van der Waals surface area contributed by atoms with Crippen molar-refractivity contribution in [1.82, 2.24) is 24.9 Å². The Bertz CT molecular complexity index is 1100. The Morgan fingerprint density at radius 3 is 2.70 bits per heavy atom. The number of ether oxygens (including phenoxy) is 1. The fraction of sp³-hybridized carbons (Fsp3) is 0.391. The first-order chi connectivity index (χ1) is 16.0. The monoisotopic (exact) mass is 465 g/mol. The molecule has 0 spiro atoms. The van der Waals surface area contributed by atoms with Crippen molar-refractivity contribution in [1.29, 1.82) is 0 Å². The maximum absolute atomic E-state index is 13.1. The van der Waals surface area contributed by atoms with Gasteiger partial charge in [0.25, 0.3) is 0 Å². The van der Waals surface area contributed by atoms with Crippen molar-refractivity contribution in [2.45, 2.75) is 50.7 Å². The number of rotatable bonds is 9. The summed E-state index contributed by atoms with van der Waals surface area (Å²) in [4.78, 5) is 34.8. The van der Waals surface area contributed by atoms with Crippen molar-refractivity contribution in [2.24, 2.45) is 0 Å². The summed E-state index contributed by atoms with van der Waals surface area (Å²) in [6.45, 7) is 6.07. The molecule has 172 valence electrons. The van der Waals surface area contributed by atoms with Crippen molar-refractivity contribution in [3.05, 3.63) is 48.7 Å². The summed E-state index contributed by atoms with van der Waals surface area (Å²) < 4.78 is 8.61. The van der Waals surface area contributed by atoms with Crippen LogP contribution in [0.15, 0.2) is 43.0 Å². The second-order valence-electron chi connectivity index (χ2n) is 8.23. The van der Waals surface area contributed by atoms with E-state index in [1.807, 2.05) is 26.8 Å². The summed E-state index contributed by atoms with van der Waals surface area (Å²) in [6.07, 6.45) is 10.2. The highest BCUT2D eigenvalue weighted by Crippen LogP contribution is 2.31. The third-order valence-corrected chi connectivity index (χ3v) is 6.54. The van der Waals surface area contributed by atoms with Crippen LogP contribution in [0.3, 0.4) is 0 Å². The van der Waals surface area contributed by atoms with E-state index in [0.717, 1.165) is 5.56 Å². The molecule has 9 nitrogen and oxygen atoms in total. The molecule has 1 fully saturated rings. The number of nitrogens with one attached hydrogen (secondary N) is 2. The van der Waals surface area contributed by atoms with Crippen molar-refractivity contribution in [3.63, 3.8) is 0 Å². The van der Waals surface area contributed by atoms with Crippen molar-refractivity contribution in [3.8, 4) is 17.1 Å². The van der Waals surface area contributed by atoms with Crippen LogP contribution in [0.1, 0.15) is 45.7 Å². The van der Waals surface area contributed by atoms with E-state index in [0.29, 0.717) is 40.9 Å². The van der Waals surface area contributed by atoms with Crippen molar-refractivity contribution < 1.29 is 9.53 Å². The fourth-order valence-corrected chi connectivity index (χ4v) is 4.03. The van der Waals surface area contributed by atoms with Crippen LogP contribution in [-0.2, 0) is 10.2 Å². The second-order valence-corrected chi connectivity index (χ2v) is 9.33. The van der Waals surface area contributed by atoms with Crippen LogP contribution >= 0.6 is 11.9 Å². The Morgan fingerprint density at radius 1 is 1.15 bits per heavy atom. The minimum absolute atomic E-state index is 0.211. The van der Waals surface area contributed by atoms with Crippen molar-refractivity contribution >= 4 is 29.6 Å². The lowest BCUT2D eigenvalue weighted by Crippen LogP contribution is -2.36. The van der Waals surface area contributed by atoms with Crippen LogP contribution in [0.2, 0.25) is 0 Å². The zero-order valence-electron chi connectivity index (χ0n) is 18.9. The lowest BCUT2D eigenvalue weighted by molar-refractivity contribution is -0.120. The normalized spacial score (nSPS) is 13.8. The maximum Gasteiger partial charge on any atom is 0.237 e. The van der Waals surface area contributed by atoms with Gasteiger partial charge in [-0.2, -0.15) is 0 Å². The highest BCUT2D eigenvalue weighted by molar-refractivity contribution is 8.01. The largest absolute Gasteiger partial charge is 0.477 e. The van der Waals surface area contributed by atoms with E-state index in [1.165, 1.54) is 19.3 Å². The summed E-state index contributed by atoms with van der Waals surface area (Å²) >= 11 is 1.65. The molecule has 4 rings (SSSR count). The molecule has 1 aliphatic carbocycles. The van der Waals surface area contributed by atoms with Gasteiger partial charge in [-0.1, -0.05) is 6.42 Å². The van der Waals surface area contributed by atoms with Gasteiger partial charge < -0.3 is 10.1 Å². The van der Waals surface area contributed by atoms with Gasteiger partial charge in [-0.25, -0.2) is 19.9 Å². The Morgan fingerprint density at radius 2 is 2.00 bits per heavy atom. The molecule has 0 bridgehead atoms. The molecule has 2 N–H and O–H groups in total. The molecule has 10 heteroatoms. The molecule has 33 heavy (non-hydrogen) atoms. The Balaban J connectivity index is 1.42. The van der Waals surface area contributed by atoms with Crippen LogP contribution in [0.5, 0.6) is 5.88 Å². The summed E-state index contributed by atoms with van der Waals surface area (Å²) in [5.74, 6) is 1.21. The molecular weight excluding hydrogens is 438 g/mol. The highest BCUT2D eigenvalue weighted by Gasteiger charge is 2.32. The molecule has 1 saturated carbocycles. The molecule has 0 aromatic carbocycles. The van der Waals surface area contributed by atoms with Gasteiger partial charge in [0.1, 0.15) is 5.82 Å². The van der Waals surface area contributed by atoms with E-state index in [-0.39, 0.29) is 5.91 Å². The quantitative estimate of drug-likeness (QED) is 0.447. The Hall–Kier alpha value is -3.27. The van der Waals surface area contributed by atoms with E-state index in [9.17, 15) is 4.79 Å². The number of carbonyl (C=O) groups excluding carboxylic acids is 1. The summed E-state index contributed by atoms with van der Waals surface area (Å²) in [5.41, 5.74) is 1.17. The third-order valence-electron chi connectivity index (χ3n) is 5.44. The molecule has 1 amide bonds. The summed E-state index contributed by atoms with van der Waals surface area (Å²) in [7, 11) is 0. The third kappa shape index (κ3) is 5.57. The van der Waals surface area contributed by atoms with E-state index in [4.69, 9.17) is 4.74 Å². The minimum atomic E-state index is -0.877. The molecule has 3 aromatic rings. The number of carbonyl (C=O) groups is 1. The number of anilines is 2. The molecule has 1 aliphatic rings. The van der Waals surface area contributed by atoms with Crippen molar-refractivity contribution in [2.75, 3.05) is 16.6 Å². The SMILES string of the molecule is CCOc1cncc(-c2ccc(NC(=O)C(C)(C)c3ccnc(NSC4CCC4)n3)nc2)n1. The first-order valence-corrected chi connectivity index (χ1v) is 11.8. The average molecular weight is 466 g/mol. The number of hydrogen-bond acceptors (Lipinski definition) is 9. The minimum Gasteiger partial charge on any atom is -0.477 e. The Kier molecular flexibility index (Phi) is 7.02. The fourth-order valence-electron chi connectivity index (χ4n) is 3.09. The molecule has 0 radical (unpaired) electrons. The predicted molar refractivity (Wildman–Crippen MR) is 129 cm³/mol. The Labute approximate surface area is 197 Å². The van der Waals surface area contributed by atoms with Gasteiger partial charge in [-0.3, -0.25) is 14.5 Å². The zero-order valence-corrected chi connectivity index (χ0v) is 19.7. The molecule has 0 aliphatic heterocycles. The number of amides is 1. The molecule has 3 heterocycles. The molecule has 0 atom stereocenters. The van der Waals surface area contributed by atoms with Crippen LogP contribution in [-0.4, -0.2) is 42.7 Å². The van der Waals surface area contributed by atoms with Gasteiger partial charge in [-0.15, -0.1) is 0 Å². The topological polar surface area (TPSA) is 115 Å². The smallest absolute Gasteiger partial charge is 0.237 e. The first kappa shape index (κ1) is 22.9. The van der Waals surface area contributed by atoms with Crippen LogP contribution in [0.25, 0.3) is 11.3 Å². The molecule has 0 saturated heterocycles. The van der Waals surface area contributed by atoms with Crippen LogP contribution < -0.4 is 14.8 Å². The first-order valence-electron chi connectivity index (χ1n) is 10.9. The highest BCUT2D eigenvalue weighted by atomic mass is 32.2. The van der Waals surface area contributed by atoms with Gasteiger partial charge >= 0.3 is 0 Å². The standard InChI is InChI=1S/C23H27N7O2S/c1-4-32-20-14-24-13-17(27-20)15-8-9-19(26-12-15)29-21(31)23(2,3)18-10-11-25-22(28-18)30-33-16-6-5-7-16/h8-14,16H,4-7H2,1-3H3,(H,25,28,30)(H,26,29,31). The average Bonchev–Trinajstić information content (AvgIpc) is 2.79. The molecular formula is C23H27N7O2S. The summed E-state index contributed by atoms with van der Waals surface area (Å²) in [5, 5.41) is 3.49. The lowest BCUT2D eigenvalue weighted by atomic mass is 9.88. The van der Waals surface area contributed by atoms with E-state index < -0.39 is 5.41 Å². The van der Waals surface area contributed by atoms with E-state index in [2.05, 4.69) is 35.0 Å². The van der Waals surface area contributed by atoms with E-state index in [1.54, 1.807) is 48.9 Å². The number of hydrogen-bond donors (Lipinski definition) is 2. The molecule has 3 aromatic heterocycles. The second kappa shape index (κ2) is 10.1. The number of nitrogens with zero attached hydrogens (tertiary/aromatic N) is 5. The van der Waals surface area contributed by atoms with E-state index >= 15 is 0 Å². The predicted octanol–water partition coefficient (Wildman–Crippen LogP) is 4.26. The number of pyridine rings is 1. The number of aromatic nitrogens is 5. The van der Waals surface area contributed by atoms with Gasteiger partial charge in [0.05, 0.1) is 35.8 Å². The lowest BCUT2D eigenvalue weighted by Gasteiger charge is -2.25. The van der Waals surface area contributed by atoms with Gasteiger partial charge in [-0.05, 0) is 63.8 Å². The summed E-state index contributed by atoms with van der Waals surface area (Å²) in [6, 6.07) is 5.33. The van der Waals surface area contributed by atoms with Crippen LogP contribution in [0, 0.1) is 0 Å². The maximum atomic E-state index is 13.1. The zero-order chi connectivity index (χ0) is 23.3. The van der Waals surface area contributed by atoms with Crippen LogP contribution in [0.4, 0.5) is 11.8 Å². The molecule has 0 unspecified atom stereocenters. The van der Waals surface area contributed by atoms with Gasteiger partial charge in [0, 0.05) is 23.2 Å².